The van der Waals surface area contributed by atoms with Gasteiger partial charge in [0.15, 0.2) is 11.4 Å². The van der Waals surface area contributed by atoms with E-state index in [9.17, 15) is 14.4 Å². The molecule has 7 nitrogen and oxygen atoms in total. The van der Waals surface area contributed by atoms with Gasteiger partial charge < -0.3 is 18.9 Å². The first kappa shape index (κ1) is 14.1. The lowest BCUT2D eigenvalue weighted by Gasteiger charge is -2.40. The van der Waals surface area contributed by atoms with Crippen LogP contribution in [-0.2, 0) is 11.3 Å². The molecule has 2 saturated carbocycles. The Labute approximate surface area is 138 Å². The van der Waals surface area contributed by atoms with E-state index >= 15 is 0 Å². The summed E-state index contributed by atoms with van der Waals surface area (Å²) in [7, 11) is 2.58. The molecule has 2 aliphatic heterocycles. The van der Waals surface area contributed by atoms with E-state index in [4.69, 9.17) is 9.47 Å². The Morgan fingerprint density at radius 1 is 1.12 bits per heavy atom. The molecule has 0 radical (unpaired) electrons. The number of amides is 1. The average molecular weight is 330 g/mol. The van der Waals surface area contributed by atoms with Crippen LogP contribution in [0.3, 0.4) is 0 Å². The van der Waals surface area contributed by atoms with Crippen LogP contribution >= 0.6 is 0 Å². The van der Waals surface area contributed by atoms with Gasteiger partial charge in [-0.2, -0.15) is 0 Å². The minimum atomic E-state index is -0.710. The van der Waals surface area contributed by atoms with E-state index in [-0.39, 0.29) is 29.0 Å². The third kappa shape index (κ3) is 1.50. The van der Waals surface area contributed by atoms with E-state index in [1.165, 1.54) is 26.8 Å². The van der Waals surface area contributed by atoms with E-state index in [1.54, 1.807) is 4.57 Å². The van der Waals surface area contributed by atoms with Crippen molar-refractivity contribution in [2.45, 2.75) is 31.5 Å². The fourth-order valence-electron chi connectivity index (χ4n) is 5.31. The highest BCUT2D eigenvalue weighted by molar-refractivity contribution is 5.98. The van der Waals surface area contributed by atoms with Crippen LogP contribution in [0.25, 0.3) is 0 Å². The van der Waals surface area contributed by atoms with Crippen LogP contribution in [0.1, 0.15) is 33.7 Å². The molecule has 1 aromatic rings. The van der Waals surface area contributed by atoms with Gasteiger partial charge in [0.1, 0.15) is 5.56 Å². The molecule has 24 heavy (non-hydrogen) atoms. The SMILES string of the molecule is COC(=O)c1cn2c(c(OC)c1=O)C(=O)N1[C@H](C2)[C@@H]2C[C@H]1C1C[C@H]12. The van der Waals surface area contributed by atoms with Crippen molar-refractivity contribution < 1.29 is 19.1 Å². The number of pyridine rings is 1. The summed E-state index contributed by atoms with van der Waals surface area (Å²) in [6.45, 7) is 0.603. The molecule has 4 aliphatic rings. The Kier molecular flexibility index (Phi) is 2.58. The number of methoxy groups -OCH3 is 2. The molecular weight excluding hydrogens is 312 g/mol. The van der Waals surface area contributed by atoms with Gasteiger partial charge in [0.25, 0.3) is 5.91 Å². The van der Waals surface area contributed by atoms with Crippen molar-refractivity contribution in [3.8, 4) is 5.75 Å². The summed E-state index contributed by atoms with van der Waals surface area (Å²) in [6, 6.07) is 0.475. The molecule has 0 aromatic carbocycles. The van der Waals surface area contributed by atoms with Gasteiger partial charge in [-0.3, -0.25) is 9.59 Å². The summed E-state index contributed by atoms with van der Waals surface area (Å²) < 4.78 is 11.6. The quantitative estimate of drug-likeness (QED) is 0.738. The van der Waals surface area contributed by atoms with Gasteiger partial charge >= 0.3 is 5.97 Å². The maximum Gasteiger partial charge on any atom is 0.343 e. The van der Waals surface area contributed by atoms with Crippen molar-refractivity contribution in [3.63, 3.8) is 0 Å². The molecule has 1 amide bonds. The topological polar surface area (TPSA) is 77.8 Å². The Bertz CT molecular complexity index is 844. The Hall–Kier alpha value is -2.31. The van der Waals surface area contributed by atoms with E-state index in [0.29, 0.717) is 24.4 Å². The second-order valence-corrected chi connectivity index (χ2v) is 7.21. The molecule has 0 N–H and O–H groups in total. The number of ether oxygens (including phenoxy) is 2. The zero-order chi connectivity index (χ0) is 16.7. The number of hydrogen-bond donors (Lipinski definition) is 0. The van der Waals surface area contributed by atoms with Crippen LogP contribution in [0.2, 0.25) is 0 Å². The van der Waals surface area contributed by atoms with E-state index in [0.717, 1.165) is 12.3 Å². The van der Waals surface area contributed by atoms with Crippen LogP contribution in [0.15, 0.2) is 11.0 Å². The average Bonchev–Trinajstić information content (AvgIpc) is 3.20. The number of hydrogen-bond acceptors (Lipinski definition) is 5. The first-order chi connectivity index (χ1) is 11.6. The molecule has 1 unspecified atom stereocenters. The fraction of sp³-hybridized carbons (Fsp3) is 0.588. The van der Waals surface area contributed by atoms with E-state index in [1.807, 2.05) is 4.90 Å². The number of aromatic nitrogens is 1. The van der Waals surface area contributed by atoms with Crippen LogP contribution < -0.4 is 10.2 Å². The predicted molar refractivity (Wildman–Crippen MR) is 82.0 cm³/mol. The fourth-order valence-corrected chi connectivity index (χ4v) is 5.31. The summed E-state index contributed by atoms with van der Waals surface area (Å²) in [6.07, 6.45) is 3.74. The number of esters is 1. The molecule has 3 fully saturated rings. The summed E-state index contributed by atoms with van der Waals surface area (Å²) in [5.41, 5.74) is -0.418. The van der Waals surface area contributed by atoms with Crippen molar-refractivity contribution in [2.75, 3.05) is 14.2 Å². The lowest BCUT2D eigenvalue weighted by atomic mass is 9.94. The molecule has 5 rings (SSSR count). The van der Waals surface area contributed by atoms with Crippen LogP contribution in [-0.4, -0.2) is 47.6 Å². The first-order valence-electron chi connectivity index (χ1n) is 8.29. The summed E-state index contributed by atoms with van der Waals surface area (Å²) in [5, 5.41) is 0. The molecule has 1 aromatic heterocycles. The standard InChI is InChI=1S/C17H18N2O5/c1-23-15-13-16(21)19-11-4-9(7-3-8(7)11)12(19)6-18(13)5-10(14(15)20)17(22)24-2/h5,7-9,11-12H,3-4,6H2,1-2H3/t7-,8?,9-,11+,12-/m1/s1. The van der Waals surface area contributed by atoms with Crippen LogP contribution in [0, 0.1) is 17.8 Å². The Morgan fingerprint density at radius 3 is 2.58 bits per heavy atom. The minimum absolute atomic E-state index is 0.0588. The van der Waals surface area contributed by atoms with Gasteiger partial charge in [0, 0.05) is 18.8 Å². The maximum absolute atomic E-state index is 13.1. The Balaban J connectivity index is 1.68. The summed E-state index contributed by atoms with van der Waals surface area (Å²) in [5.74, 6) is 1.04. The molecule has 0 spiro atoms. The van der Waals surface area contributed by atoms with Gasteiger partial charge in [-0.25, -0.2) is 4.79 Å². The van der Waals surface area contributed by atoms with E-state index < -0.39 is 11.4 Å². The zero-order valence-corrected chi connectivity index (χ0v) is 13.5. The molecule has 126 valence electrons. The van der Waals surface area contributed by atoms with E-state index in [2.05, 4.69) is 0 Å². The smallest absolute Gasteiger partial charge is 0.343 e. The third-order valence-electron chi connectivity index (χ3n) is 6.33. The normalized spacial score (nSPS) is 34.5. The number of fused-ring (bicyclic) bond motifs is 9. The molecule has 5 atom stereocenters. The lowest BCUT2D eigenvalue weighted by molar-refractivity contribution is 0.0460. The van der Waals surface area contributed by atoms with Crippen LogP contribution in [0.5, 0.6) is 5.75 Å². The van der Waals surface area contributed by atoms with Gasteiger partial charge in [0.2, 0.25) is 5.43 Å². The number of carbonyl (C=O) groups is 2. The molecule has 2 aliphatic carbocycles. The van der Waals surface area contributed by atoms with Crippen molar-refractivity contribution in [2.24, 2.45) is 17.8 Å². The minimum Gasteiger partial charge on any atom is -0.491 e. The van der Waals surface area contributed by atoms with Gasteiger partial charge in [0.05, 0.1) is 20.3 Å². The third-order valence-corrected chi connectivity index (χ3v) is 6.33. The number of nitrogens with zero attached hydrogens (tertiary/aromatic N) is 2. The van der Waals surface area contributed by atoms with Crippen molar-refractivity contribution in [1.82, 2.24) is 9.47 Å². The molecule has 2 bridgehead atoms. The largest absolute Gasteiger partial charge is 0.491 e. The van der Waals surface area contributed by atoms with Crippen molar-refractivity contribution >= 4 is 11.9 Å². The Morgan fingerprint density at radius 2 is 1.88 bits per heavy atom. The monoisotopic (exact) mass is 330 g/mol. The molecule has 1 saturated heterocycles. The number of piperidine rings is 1. The number of rotatable bonds is 2. The van der Waals surface area contributed by atoms with Crippen LogP contribution in [0.4, 0.5) is 0 Å². The second-order valence-electron chi connectivity index (χ2n) is 7.21. The predicted octanol–water partition coefficient (Wildman–Crippen LogP) is 0.506. The van der Waals surface area contributed by atoms with Gasteiger partial charge in [-0.15, -0.1) is 0 Å². The van der Waals surface area contributed by atoms with Crippen molar-refractivity contribution in [3.05, 3.63) is 27.7 Å². The summed E-state index contributed by atoms with van der Waals surface area (Å²) >= 11 is 0. The van der Waals surface area contributed by atoms with Gasteiger partial charge in [-0.1, -0.05) is 0 Å². The maximum atomic E-state index is 13.1. The highest BCUT2D eigenvalue weighted by Gasteiger charge is 2.66. The van der Waals surface area contributed by atoms with Gasteiger partial charge in [-0.05, 0) is 30.6 Å². The second kappa shape index (κ2) is 4.40. The molecular formula is C17H18N2O5. The molecule has 3 heterocycles. The first-order valence-corrected chi connectivity index (χ1v) is 8.29. The highest BCUT2D eigenvalue weighted by Crippen LogP contribution is 2.64. The molecule has 7 heteroatoms. The lowest BCUT2D eigenvalue weighted by Crippen LogP contribution is -2.53. The summed E-state index contributed by atoms with van der Waals surface area (Å²) in [4.78, 5) is 39.5. The zero-order valence-electron chi connectivity index (χ0n) is 13.5. The number of carbonyl (C=O) groups excluding carboxylic acids is 2. The highest BCUT2D eigenvalue weighted by atomic mass is 16.5. The van der Waals surface area contributed by atoms with Crippen molar-refractivity contribution in [1.29, 1.82) is 0 Å².